The van der Waals surface area contributed by atoms with E-state index in [9.17, 15) is 14.4 Å². The van der Waals surface area contributed by atoms with Crippen molar-refractivity contribution in [3.8, 4) is 0 Å². The highest BCUT2D eigenvalue weighted by Crippen LogP contribution is 2.16. The average molecular weight is 940 g/mol. The molecule has 390 valence electrons. The molecule has 0 N–H and O–H groups in total. The van der Waals surface area contributed by atoms with Gasteiger partial charge in [-0.3, -0.25) is 14.4 Å². The Hall–Kier alpha value is -2.63. The van der Waals surface area contributed by atoms with Crippen molar-refractivity contribution < 1.29 is 28.6 Å². The predicted molar refractivity (Wildman–Crippen MR) is 289 cm³/mol. The van der Waals surface area contributed by atoms with Crippen molar-refractivity contribution in [2.75, 3.05) is 13.2 Å². The molecule has 67 heavy (non-hydrogen) atoms. The fraction of sp³-hybridized carbons (Fsp3) is 0.820. The molecule has 0 aromatic carbocycles. The van der Waals surface area contributed by atoms with Crippen molar-refractivity contribution in [3.63, 3.8) is 0 Å². The first kappa shape index (κ1) is 64.4. The van der Waals surface area contributed by atoms with Crippen LogP contribution in [0.3, 0.4) is 0 Å². The number of hydrogen-bond donors (Lipinski definition) is 0. The quantitative estimate of drug-likeness (QED) is 0.0199. The normalized spacial score (nSPS) is 12.3. The molecule has 0 aromatic rings. The van der Waals surface area contributed by atoms with Gasteiger partial charge in [0.1, 0.15) is 13.2 Å². The molecule has 1 atom stereocenters. The van der Waals surface area contributed by atoms with Gasteiger partial charge in [0.05, 0.1) is 0 Å². The number of carbonyl (C=O) groups is 3. The molecule has 0 rings (SSSR count). The number of esters is 3. The van der Waals surface area contributed by atoms with E-state index in [0.717, 1.165) is 70.6 Å². The van der Waals surface area contributed by atoms with Gasteiger partial charge in [0.15, 0.2) is 6.10 Å². The van der Waals surface area contributed by atoms with E-state index in [1.165, 1.54) is 193 Å². The van der Waals surface area contributed by atoms with Crippen LogP contribution in [0.5, 0.6) is 0 Å². The lowest BCUT2D eigenvalue weighted by Gasteiger charge is -2.18. The summed E-state index contributed by atoms with van der Waals surface area (Å²) in [5, 5.41) is 0. The molecule has 0 radical (unpaired) electrons. The first-order chi connectivity index (χ1) is 33.0. The number of unbranched alkanes of at least 4 members (excludes halogenated alkanes) is 35. The Balaban J connectivity index is 4.35. The largest absolute Gasteiger partial charge is 0.462 e. The first-order valence-electron chi connectivity index (χ1n) is 29.2. The monoisotopic (exact) mass is 939 g/mol. The topological polar surface area (TPSA) is 78.9 Å². The summed E-state index contributed by atoms with van der Waals surface area (Å²) in [6.07, 6.45) is 68.1. The van der Waals surface area contributed by atoms with Gasteiger partial charge in [-0.2, -0.15) is 0 Å². The van der Waals surface area contributed by atoms with E-state index in [0.29, 0.717) is 19.3 Å². The number of rotatable bonds is 53. The van der Waals surface area contributed by atoms with E-state index in [1.54, 1.807) is 0 Å². The minimum absolute atomic E-state index is 0.0743. The standard InChI is InChI=1S/C61H110O6/c1-4-7-10-13-16-19-22-25-27-29-30-32-33-36-39-42-45-48-51-54-60(63)66-57-58(56-65-59(62)53-50-47-44-41-38-35-24-21-18-15-12-9-6-3)67-61(64)55-52-49-46-43-40-37-34-31-28-26-23-20-17-14-11-8-5-2/h16-17,19-20,22,25-26,28,58H,4-15,18,21,23-24,27,29-57H2,1-3H3/b19-16-,20-17-,25-22-,28-26-. The molecule has 0 aliphatic rings. The second-order valence-corrected chi connectivity index (χ2v) is 19.6. The summed E-state index contributed by atoms with van der Waals surface area (Å²) >= 11 is 0. The van der Waals surface area contributed by atoms with Gasteiger partial charge >= 0.3 is 17.9 Å². The van der Waals surface area contributed by atoms with Gasteiger partial charge in [0.2, 0.25) is 0 Å². The summed E-state index contributed by atoms with van der Waals surface area (Å²) in [4.78, 5) is 38.2. The van der Waals surface area contributed by atoms with Gasteiger partial charge in [0, 0.05) is 19.3 Å². The molecular formula is C61H110O6. The summed E-state index contributed by atoms with van der Waals surface area (Å²) in [6.45, 7) is 6.61. The summed E-state index contributed by atoms with van der Waals surface area (Å²) in [7, 11) is 0. The van der Waals surface area contributed by atoms with Crippen LogP contribution in [-0.4, -0.2) is 37.2 Å². The minimum atomic E-state index is -0.776. The van der Waals surface area contributed by atoms with Crippen molar-refractivity contribution in [2.45, 2.75) is 309 Å². The smallest absolute Gasteiger partial charge is 0.306 e. The lowest BCUT2D eigenvalue weighted by molar-refractivity contribution is -0.167. The molecule has 0 saturated carbocycles. The molecule has 0 heterocycles. The fourth-order valence-corrected chi connectivity index (χ4v) is 8.41. The first-order valence-corrected chi connectivity index (χ1v) is 29.2. The Morgan fingerprint density at radius 3 is 0.940 bits per heavy atom. The third kappa shape index (κ3) is 54.2. The third-order valence-corrected chi connectivity index (χ3v) is 12.8. The SMILES string of the molecule is CCCCC/C=C\C=C/CCCCCCCCCCCCC(=O)OCC(COC(=O)CCCCCCCCCCCCCCC)OC(=O)CCCCCCCCC/C=C\C/C=C\CCCCC. The Kier molecular flexibility index (Phi) is 53.8. The minimum Gasteiger partial charge on any atom is -0.462 e. The maximum Gasteiger partial charge on any atom is 0.306 e. The van der Waals surface area contributed by atoms with Crippen LogP contribution in [0.1, 0.15) is 303 Å². The van der Waals surface area contributed by atoms with E-state index in [2.05, 4.69) is 69.4 Å². The number of carbonyl (C=O) groups excluding carboxylic acids is 3. The fourth-order valence-electron chi connectivity index (χ4n) is 8.41. The van der Waals surface area contributed by atoms with Crippen LogP contribution in [0.15, 0.2) is 48.6 Å². The lowest BCUT2D eigenvalue weighted by atomic mass is 10.0. The highest BCUT2D eigenvalue weighted by atomic mass is 16.6. The highest BCUT2D eigenvalue weighted by Gasteiger charge is 2.19. The van der Waals surface area contributed by atoms with Crippen molar-refractivity contribution in [3.05, 3.63) is 48.6 Å². The van der Waals surface area contributed by atoms with E-state index < -0.39 is 6.10 Å². The molecule has 6 heteroatoms. The second kappa shape index (κ2) is 56.0. The maximum absolute atomic E-state index is 12.9. The zero-order chi connectivity index (χ0) is 48.6. The molecular weight excluding hydrogens is 829 g/mol. The Morgan fingerprint density at radius 2 is 0.582 bits per heavy atom. The molecule has 1 unspecified atom stereocenters. The summed E-state index contributed by atoms with van der Waals surface area (Å²) in [6, 6.07) is 0. The average Bonchev–Trinajstić information content (AvgIpc) is 3.33. The Bertz CT molecular complexity index is 1170. The summed E-state index contributed by atoms with van der Waals surface area (Å²) < 4.78 is 16.9. The zero-order valence-electron chi connectivity index (χ0n) is 44.7. The van der Waals surface area contributed by atoms with E-state index in [-0.39, 0.29) is 31.1 Å². The summed E-state index contributed by atoms with van der Waals surface area (Å²) in [5.41, 5.74) is 0. The number of allylic oxidation sites excluding steroid dienone is 8. The van der Waals surface area contributed by atoms with Crippen molar-refractivity contribution in [2.24, 2.45) is 0 Å². The summed E-state index contributed by atoms with van der Waals surface area (Å²) in [5.74, 6) is -0.871. The van der Waals surface area contributed by atoms with Crippen LogP contribution < -0.4 is 0 Å². The van der Waals surface area contributed by atoms with Gasteiger partial charge in [-0.25, -0.2) is 0 Å². The van der Waals surface area contributed by atoms with Crippen LogP contribution in [0.2, 0.25) is 0 Å². The third-order valence-electron chi connectivity index (χ3n) is 12.8. The van der Waals surface area contributed by atoms with Gasteiger partial charge in [-0.05, 0) is 77.0 Å². The van der Waals surface area contributed by atoms with Gasteiger partial charge in [-0.1, -0.05) is 256 Å². The number of hydrogen-bond acceptors (Lipinski definition) is 6. The highest BCUT2D eigenvalue weighted by molar-refractivity contribution is 5.71. The van der Waals surface area contributed by atoms with E-state index in [4.69, 9.17) is 14.2 Å². The van der Waals surface area contributed by atoms with Crippen LogP contribution in [-0.2, 0) is 28.6 Å². The van der Waals surface area contributed by atoms with Crippen molar-refractivity contribution in [1.82, 2.24) is 0 Å². The van der Waals surface area contributed by atoms with E-state index in [1.807, 2.05) is 0 Å². The molecule has 0 bridgehead atoms. The molecule has 0 aliphatic carbocycles. The molecule has 0 aromatic heterocycles. The molecule has 6 nitrogen and oxygen atoms in total. The maximum atomic E-state index is 12.9. The zero-order valence-corrected chi connectivity index (χ0v) is 44.7. The lowest BCUT2D eigenvalue weighted by Crippen LogP contribution is -2.30. The molecule has 0 aliphatic heterocycles. The molecule has 0 saturated heterocycles. The Morgan fingerprint density at radius 1 is 0.313 bits per heavy atom. The van der Waals surface area contributed by atoms with Crippen molar-refractivity contribution >= 4 is 17.9 Å². The van der Waals surface area contributed by atoms with Crippen LogP contribution >= 0.6 is 0 Å². The predicted octanol–water partition coefficient (Wildman–Crippen LogP) is 19.4. The van der Waals surface area contributed by atoms with E-state index >= 15 is 0 Å². The Labute approximate surface area is 416 Å². The molecule has 0 fully saturated rings. The van der Waals surface area contributed by atoms with Crippen LogP contribution in [0, 0.1) is 0 Å². The van der Waals surface area contributed by atoms with Gasteiger partial charge in [-0.15, -0.1) is 0 Å². The second-order valence-electron chi connectivity index (χ2n) is 19.6. The molecule has 0 spiro atoms. The number of ether oxygens (including phenoxy) is 3. The van der Waals surface area contributed by atoms with Crippen molar-refractivity contribution in [1.29, 1.82) is 0 Å². The molecule has 0 amide bonds. The van der Waals surface area contributed by atoms with Crippen LogP contribution in [0.4, 0.5) is 0 Å². The van der Waals surface area contributed by atoms with Gasteiger partial charge < -0.3 is 14.2 Å². The van der Waals surface area contributed by atoms with Crippen LogP contribution in [0.25, 0.3) is 0 Å². The van der Waals surface area contributed by atoms with Gasteiger partial charge in [0.25, 0.3) is 0 Å².